The highest BCUT2D eigenvalue weighted by Crippen LogP contribution is 2.22. The van der Waals surface area contributed by atoms with Crippen LogP contribution in [-0.2, 0) is 17.9 Å². The van der Waals surface area contributed by atoms with Crippen LogP contribution in [0.5, 0.6) is 5.75 Å². The van der Waals surface area contributed by atoms with E-state index in [4.69, 9.17) is 22.2 Å². The smallest absolute Gasteiger partial charge is 0.233 e. The summed E-state index contributed by atoms with van der Waals surface area (Å²) in [5.74, 6) is 6.34. The highest BCUT2D eigenvalue weighted by molar-refractivity contribution is 8.00. The van der Waals surface area contributed by atoms with E-state index >= 15 is 0 Å². The number of carbonyl (C=O) groups excluding carboxylic acids is 1. The van der Waals surface area contributed by atoms with Gasteiger partial charge in [0.2, 0.25) is 11.1 Å². The van der Waals surface area contributed by atoms with Gasteiger partial charge in [-0.05, 0) is 42.8 Å². The van der Waals surface area contributed by atoms with Crippen LogP contribution in [0.4, 0.5) is 4.39 Å². The van der Waals surface area contributed by atoms with Crippen LogP contribution >= 0.6 is 23.4 Å². The van der Waals surface area contributed by atoms with Crippen molar-refractivity contribution in [2.75, 3.05) is 5.84 Å². The molecule has 0 spiro atoms. The molecule has 0 saturated heterocycles. The molecule has 1 heterocycles. The van der Waals surface area contributed by atoms with Gasteiger partial charge in [-0.2, -0.15) is 0 Å². The molecular formula is C19H19ClFN5O2S. The Morgan fingerprint density at radius 2 is 2.00 bits per heavy atom. The van der Waals surface area contributed by atoms with Gasteiger partial charge in [-0.3, -0.25) is 4.79 Å². The van der Waals surface area contributed by atoms with Gasteiger partial charge in [-0.1, -0.05) is 41.6 Å². The molecule has 152 valence electrons. The van der Waals surface area contributed by atoms with Crippen molar-refractivity contribution in [1.29, 1.82) is 0 Å². The van der Waals surface area contributed by atoms with Crippen molar-refractivity contribution in [3.63, 3.8) is 0 Å². The standard InChI is InChI=1S/C19H19ClFN5O2S/c1-12(18(27)23-10-13-4-2-3-5-16(13)20)29-19-25-24-17(26(19)22)11-28-15-8-6-14(21)7-9-15/h2-9,12H,10-11,22H2,1H3,(H,23,27). The van der Waals surface area contributed by atoms with Crippen LogP contribution in [0.3, 0.4) is 0 Å². The molecule has 3 N–H and O–H groups in total. The summed E-state index contributed by atoms with van der Waals surface area (Å²) in [5.41, 5.74) is 0.835. The fraction of sp³-hybridized carbons (Fsp3) is 0.211. The molecule has 29 heavy (non-hydrogen) atoms. The van der Waals surface area contributed by atoms with E-state index in [-0.39, 0.29) is 18.3 Å². The Kier molecular flexibility index (Phi) is 6.95. The largest absolute Gasteiger partial charge is 0.486 e. The van der Waals surface area contributed by atoms with Gasteiger partial charge in [0.15, 0.2) is 5.82 Å². The fourth-order valence-electron chi connectivity index (χ4n) is 2.34. The molecule has 1 amide bonds. The van der Waals surface area contributed by atoms with E-state index in [0.29, 0.717) is 28.3 Å². The Balaban J connectivity index is 1.53. The summed E-state index contributed by atoms with van der Waals surface area (Å²) in [4.78, 5) is 12.4. The van der Waals surface area contributed by atoms with E-state index in [1.807, 2.05) is 18.2 Å². The summed E-state index contributed by atoms with van der Waals surface area (Å²) in [7, 11) is 0. The summed E-state index contributed by atoms with van der Waals surface area (Å²) in [6.07, 6.45) is 0. The summed E-state index contributed by atoms with van der Waals surface area (Å²) < 4.78 is 19.7. The van der Waals surface area contributed by atoms with E-state index in [2.05, 4.69) is 15.5 Å². The topological polar surface area (TPSA) is 95.1 Å². The average molecular weight is 436 g/mol. The lowest BCUT2D eigenvalue weighted by molar-refractivity contribution is -0.120. The van der Waals surface area contributed by atoms with Crippen LogP contribution in [0.15, 0.2) is 53.7 Å². The number of hydrogen-bond donors (Lipinski definition) is 2. The normalized spacial score (nSPS) is 11.8. The SMILES string of the molecule is CC(Sc1nnc(COc2ccc(F)cc2)n1N)C(=O)NCc1ccccc1Cl. The molecule has 1 atom stereocenters. The second-order valence-electron chi connectivity index (χ2n) is 6.08. The molecule has 10 heteroatoms. The molecular weight excluding hydrogens is 417 g/mol. The molecule has 1 unspecified atom stereocenters. The number of nitrogen functional groups attached to an aromatic ring is 1. The van der Waals surface area contributed by atoms with Gasteiger partial charge in [-0.25, -0.2) is 9.07 Å². The third kappa shape index (κ3) is 5.61. The zero-order valence-corrected chi connectivity index (χ0v) is 17.1. The molecule has 0 saturated carbocycles. The summed E-state index contributed by atoms with van der Waals surface area (Å²) >= 11 is 7.27. The van der Waals surface area contributed by atoms with Gasteiger partial charge in [0.1, 0.15) is 18.2 Å². The van der Waals surface area contributed by atoms with Crippen molar-refractivity contribution in [2.24, 2.45) is 0 Å². The maximum Gasteiger partial charge on any atom is 0.233 e. The predicted molar refractivity (Wildman–Crippen MR) is 110 cm³/mol. The van der Waals surface area contributed by atoms with Gasteiger partial charge in [0, 0.05) is 11.6 Å². The molecule has 0 aliphatic carbocycles. The van der Waals surface area contributed by atoms with Gasteiger partial charge < -0.3 is 15.9 Å². The van der Waals surface area contributed by atoms with Crippen LogP contribution in [0.25, 0.3) is 0 Å². The average Bonchev–Trinajstić information content (AvgIpc) is 3.06. The third-order valence-corrected chi connectivity index (χ3v) is 5.40. The zero-order chi connectivity index (χ0) is 20.8. The Morgan fingerprint density at radius 3 is 2.72 bits per heavy atom. The van der Waals surface area contributed by atoms with Gasteiger partial charge in [0.25, 0.3) is 0 Å². The molecule has 3 rings (SSSR count). The number of nitrogens with one attached hydrogen (secondary N) is 1. The number of amides is 1. The number of thioether (sulfide) groups is 1. The van der Waals surface area contributed by atoms with Crippen LogP contribution in [-0.4, -0.2) is 26.0 Å². The molecule has 0 bridgehead atoms. The van der Waals surface area contributed by atoms with Gasteiger partial charge in [0.05, 0.1) is 5.25 Å². The van der Waals surface area contributed by atoms with Crippen molar-refractivity contribution >= 4 is 29.3 Å². The zero-order valence-electron chi connectivity index (χ0n) is 15.5. The lowest BCUT2D eigenvalue weighted by Crippen LogP contribution is -2.31. The maximum absolute atomic E-state index is 12.9. The Morgan fingerprint density at radius 1 is 1.28 bits per heavy atom. The Labute approximate surface area is 176 Å². The first-order chi connectivity index (χ1) is 13.9. The van der Waals surface area contributed by atoms with Crippen LogP contribution in [0, 0.1) is 5.82 Å². The quantitative estimate of drug-likeness (QED) is 0.417. The number of halogens is 2. The molecule has 7 nitrogen and oxygen atoms in total. The minimum absolute atomic E-state index is 0.0583. The lowest BCUT2D eigenvalue weighted by Gasteiger charge is -2.12. The third-order valence-electron chi connectivity index (χ3n) is 3.98. The van der Waals surface area contributed by atoms with E-state index in [1.54, 1.807) is 13.0 Å². The lowest BCUT2D eigenvalue weighted by atomic mass is 10.2. The van der Waals surface area contributed by atoms with E-state index in [9.17, 15) is 9.18 Å². The second-order valence-corrected chi connectivity index (χ2v) is 7.80. The van der Waals surface area contributed by atoms with Crippen molar-refractivity contribution in [3.05, 3.63) is 70.8 Å². The highest BCUT2D eigenvalue weighted by atomic mass is 35.5. The minimum Gasteiger partial charge on any atom is -0.486 e. The molecule has 3 aromatic rings. The summed E-state index contributed by atoms with van der Waals surface area (Å²) in [6.45, 7) is 2.13. The number of hydrogen-bond acceptors (Lipinski definition) is 6. The van der Waals surface area contributed by atoms with Crippen LogP contribution in [0.2, 0.25) is 5.02 Å². The number of carbonyl (C=O) groups is 1. The number of aromatic nitrogens is 3. The molecule has 0 fully saturated rings. The monoisotopic (exact) mass is 435 g/mol. The fourth-order valence-corrected chi connectivity index (χ4v) is 3.36. The Bertz CT molecular complexity index is 983. The number of nitrogens with two attached hydrogens (primary N) is 1. The van der Waals surface area contributed by atoms with E-state index < -0.39 is 5.25 Å². The van der Waals surface area contributed by atoms with Crippen molar-refractivity contribution in [1.82, 2.24) is 20.2 Å². The maximum atomic E-state index is 12.9. The minimum atomic E-state index is -0.449. The second kappa shape index (κ2) is 9.62. The Hall–Kier alpha value is -2.78. The van der Waals surface area contributed by atoms with Crippen LogP contribution in [0.1, 0.15) is 18.3 Å². The molecule has 0 aliphatic heterocycles. The van der Waals surface area contributed by atoms with E-state index in [0.717, 1.165) is 5.56 Å². The van der Waals surface area contributed by atoms with Crippen molar-refractivity contribution in [2.45, 2.75) is 30.5 Å². The van der Waals surface area contributed by atoms with E-state index in [1.165, 1.54) is 40.7 Å². The highest BCUT2D eigenvalue weighted by Gasteiger charge is 2.19. The molecule has 0 aliphatic rings. The number of benzene rings is 2. The first-order valence-electron chi connectivity index (χ1n) is 8.69. The first kappa shape index (κ1) is 20.9. The predicted octanol–water partition coefficient (Wildman–Crippen LogP) is 3.16. The van der Waals surface area contributed by atoms with Crippen molar-refractivity contribution < 1.29 is 13.9 Å². The van der Waals surface area contributed by atoms with Crippen LogP contribution < -0.4 is 15.9 Å². The van der Waals surface area contributed by atoms with Crippen molar-refractivity contribution in [3.8, 4) is 5.75 Å². The first-order valence-corrected chi connectivity index (χ1v) is 9.95. The molecule has 0 radical (unpaired) electrons. The molecule has 2 aromatic carbocycles. The molecule has 1 aromatic heterocycles. The van der Waals surface area contributed by atoms with Gasteiger partial charge in [-0.15, -0.1) is 10.2 Å². The summed E-state index contributed by atoms with van der Waals surface area (Å²) in [6, 6.07) is 12.9. The number of nitrogens with zero attached hydrogens (tertiary/aromatic N) is 3. The number of ether oxygens (including phenoxy) is 1. The van der Waals surface area contributed by atoms with Gasteiger partial charge >= 0.3 is 0 Å². The summed E-state index contributed by atoms with van der Waals surface area (Å²) in [5, 5.41) is 11.4. The number of rotatable bonds is 8.